The predicted molar refractivity (Wildman–Crippen MR) is 125 cm³/mol. The summed E-state index contributed by atoms with van der Waals surface area (Å²) < 4.78 is 0. The first kappa shape index (κ1) is 24.0. The number of H-pyrrole nitrogens is 1. The molecule has 0 spiro atoms. The molecule has 10 nitrogen and oxygen atoms in total. The Bertz CT molecular complexity index is 1310. The number of amides is 1. The van der Waals surface area contributed by atoms with Crippen molar-refractivity contribution in [2.45, 2.75) is 31.3 Å². The molecule has 0 saturated heterocycles. The second-order valence-electron chi connectivity index (χ2n) is 7.52. The van der Waals surface area contributed by atoms with Gasteiger partial charge in [0.2, 0.25) is 0 Å². The SMILES string of the molecule is C#CC(Cc1ccc2nc[nH]c(=O)c2c1)Nc1ccc(C(=O)N[C@@H](CCC(=O)O)C(=O)O)cc1. The second kappa shape index (κ2) is 10.8. The van der Waals surface area contributed by atoms with Gasteiger partial charge in [0.05, 0.1) is 23.3 Å². The second-order valence-corrected chi connectivity index (χ2v) is 7.52. The Hall–Kier alpha value is -4.65. The van der Waals surface area contributed by atoms with Crippen LogP contribution in [-0.4, -0.2) is 50.1 Å². The first-order valence-corrected chi connectivity index (χ1v) is 10.3. The molecule has 0 aliphatic carbocycles. The molecule has 3 rings (SSSR count). The van der Waals surface area contributed by atoms with Gasteiger partial charge in [0, 0.05) is 24.1 Å². The number of aromatic amines is 1. The van der Waals surface area contributed by atoms with Gasteiger partial charge in [-0.25, -0.2) is 9.78 Å². The van der Waals surface area contributed by atoms with Crippen LogP contribution in [-0.2, 0) is 16.0 Å². The van der Waals surface area contributed by atoms with E-state index in [-0.39, 0.29) is 24.0 Å². The van der Waals surface area contributed by atoms with Crippen molar-refractivity contribution < 1.29 is 24.6 Å². The molecule has 1 aromatic heterocycles. The fourth-order valence-corrected chi connectivity index (χ4v) is 3.32. The van der Waals surface area contributed by atoms with Crippen molar-refractivity contribution in [3.8, 4) is 12.3 Å². The molecule has 0 radical (unpaired) electrons. The van der Waals surface area contributed by atoms with Gasteiger partial charge < -0.3 is 25.8 Å². The number of hydrogen-bond donors (Lipinski definition) is 5. The maximum absolute atomic E-state index is 12.4. The number of terminal acetylenes is 1. The lowest BCUT2D eigenvalue weighted by molar-refractivity contribution is -0.140. The van der Waals surface area contributed by atoms with Gasteiger partial charge in [-0.3, -0.25) is 14.4 Å². The number of rotatable bonds is 10. The molecule has 174 valence electrons. The third-order valence-electron chi connectivity index (χ3n) is 5.08. The van der Waals surface area contributed by atoms with Gasteiger partial charge in [0.25, 0.3) is 11.5 Å². The summed E-state index contributed by atoms with van der Waals surface area (Å²) in [7, 11) is 0. The molecule has 0 bridgehead atoms. The third-order valence-corrected chi connectivity index (χ3v) is 5.08. The number of hydrogen-bond acceptors (Lipinski definition) is 6. The average molecular weight is 462 g/mol. The van der Waals surface area contributed by atoms with Crippen molar-refractivity contribution in [2.75, 3.05) is 5.32 Å². The van der Waals surface area contributed by atoms with Crippen LogP contribution in [0, 0.1) is 12.3 Å². The lowest BCUT2D eigenvalue weighted by Gasteiger charge is -2.16. The maximum atomic E-state index is 12.4. The van der Waals surface area contributed by atoms with Crippen LogP contribution in [0.1, 0.15) is 28.8 Å². The van der Waals surface area contributed by atoms with E-state index >= 15 is 0 Å². The monoisotopic (exact) mass is 462 g/mol. The van der Waals surface area contributed by atoms with E-state index in [9.17, 15) is 24.3 Å². The van der Waals surface area contributed by atoms with Crippen LogP contribution in [0.15, 0.2) is 53.6 Å². The van der Waals surface area contributed by atoms with Crippen molar-refractivity contribution in [1.82, 2.24) is 15.3 Å². The number of carbonyl (C=O) groups is 3. The minimum atomic E-state index is -1.31. The third kappa shape index (κ3) is 6.20. The Balaban J connectivity index is 1.64. The summed E-state index contributed by atoms with van der Waals surface area (Å²) in [5, 5.41) is 23.9. The number of benzene rings is 2. The van der Waals surface area contributed by atoms with Gasteiger partial charge in [0.1, 0.15) is 6.04 Å². The van der Waals surface area contributed by atoms with Crippen molar-refractivity contribution in [3.05, 3.63) is 70.3 Å². The predicted octanol–water partition coefficient (Wildman–Crippen LogP) is 1.63. The minimum Gasteiger partial charge on any atom is -0.481 e. The minimum absolute atomic E-state index is 0.214. The van der Waals surface area contributed by atoms with Gasteiger partial charge in [-0.2, -0.15) is 0 Å². The maximum Gasteiger partial charge on any atom is 0.326 e. The number of anilines is 1. The highest BCUT2D eigenvalue weighted by molar-refractivity contribution is 5.97. The number of fused-ring (bicyclic) bond motifs is 1. The van der Waals surface area contributed by atoms with Crippen LogP contribution in [0.25, 0.3) is 10.9 Å². The van der Waals surface area contributed by atoms with E-state index in [1.165, 1.54) is 18.5 Å². The van der Waals surface area contributed by atoms with Crippen molar-refractivity contribution in [2.24, 2.45) is 0 Å². The van der Waals surface area contributed by atoms with Gasteiger partial charge in [-0.1, -0.05) is 12.0 Å². The normalized spacial score (nSPS) is 12.3. The molecule has 2 atom stereocenters. The van der Waals surface area contributed by atoms with E-state index in [2.05, 4.69) is 26.5 Å². The lowest BCUT2D eigenvalue weighted by Crippen LogP contribution is -2.41. The summed E-state index contributed by atoms with van der Waals surface area (Å²) in [5.74, 6) is -0.432. The Morgan fingerprint density at radius 3 is 2.50 bits per heavy atom. The summed E-state index contributed by atoms with van der Waals surface area (Å²) in [6, 6.07) is 9.88. The van der Waals surface area contributed by atoms with Gasteiger partial charge >= 0.3 is 11.9 Å². The van der Waals surface area contributed by atoms with Crippen LogP contribution in [0.3, 0.4) is 0 Å². The first-order valence-electron chi connectivity index (χ1n) is 10.3. The zero-order chi connectivity index (χ0) is 24.7. The molecule has 0 fully saturated rings. The Morgan fingerprint density at radius 1 is 1.12 bits per heavy atom. The Kier molecular flexibility index (Phi) is 7.61. The molecule has 0 saturated carbocycles. The highest BCUT2D eigenvalue weighted by atomic mass is 16.4. The molecular weight excluding hydrogens is 440 g/mol. The summed E-state index contributed by atoms with van der Waals surface area (Å²) >= 11 is 0. The fourth-order valence-electron chi connectivity index (χ4n) is 3.32. The Morgan fingerprint density at radius 2 is 1.85 bits per heavy atom. The fraction of sp³-hybridized carbons (Fsp3) is 0.208. The largest absolute Gasteiger partial charge is 0.481 e. The molecule has 0 aliphatic heterocycles. The number of nitrogens with one attached hydrogen (secondary N) is 3. The standard InChI is InChI=1S/C24H22N4O6/c1-2-16(11-14-3-8-19-18(12-14)23(32)26-13-25-19)27-17-6-4-15(5-7-17)22(31)28-20(24(33)34)9-10-21(29)30/h1,3-8,12-13,16,20,27H,9-11H2,(H,28,31)(H,29,30)(H,33,34)(H,25,26,32)/t16?,20-/m0/s1. The highest BCUT2D eigenvalue weighted by Crippen LogP contribution is 2.15. The summed E-state index contributed by atoms with van der Waals surface area (Å²) in [4.78, 5) is 53.0. The van der Waals surface area contributed by atoms with Gasteiger partial charge in [-0.05, 0) is 48.4 Å². The van der Waals surface area contributed by atoms with E-state index in [1.807, 2.05) is 6.07 Å². The van der Waals surface area contributed by atoms with E-state index in [1.54, 1.807) is 24.3 Å². The molecule has 2 aromatic carbocycles. The number of carboxylic acid groups (broad SMARTS) is 2. The van der Waals surface area contributed by atoms with Gasteiger partial charge in [0.15, 0.2) is 0 Å². The van der Waals surface area contributed by atoms with Crippen molar-refractivity contribution in [1.29, 1.82) is 0 Å². The number of nitrogens with zero attached hydrogens (tertiary/aromatic N) is 1. The molecular formula is C24H22N4O6. The van der Waals surface area contributed by atoms with Crippen LogP contribution < -0.4 is 16.2 Å². The number of aromatic nitrogens is 2. The first-order chi connectivity index (χ1) is 16.3. The summed E-state index contributed by atoms with van der Waals surface area (Å²) in [6.07, 6.45) is 6.85. The van der Waals surface area contributed by atoms with Gasteiger partial charge in [-0.15, -0.1) is 6.42 Å². The number of carbonyl (C=O) groups excluding carboxylic acids is 1. The molecule has 0 aliphatic rings. The zero-order valence-corrected chi connectivity index (χ0v) is 17.9. The summed E-state index contributed by atoms with van der Waals surface area (Å²) in [6.45, 7) is 0. The van der Waals surface area contributed by atoms with E-state index in [4.69, 9.17) is 11.5 Å². The molecule has 34 heavy (non-hydrogen) atoms. The number of aliphatic carboxylic acids is 2. The van der Waals surface area contributed by atoms with E-state index < -0.39 is 29.9 Å². The van der Waals surface area contributed by atoms with Crippen LogP contribution in [0.4, 0.5) is 5.69 Å². The molecule has 1 heterocycles. The Labute approximate surface area is 194 Å². The highest BCUT2D eigenvalue weighted by Gasteiger charge is 2.21. The lowest BCUT2D eigenvalue weighted by atomic mass is 10.0. The number of carboxylic acids is 2. The van der Waals surface area contributed by atoms with Crippen LogP contribution in [0.5, 0.6) is 0 Å². The van der Waals surface area contributed by atoms with E-state index in [0.717, 1.165) is 5.56 Å². The molecule has 10 heteroatoms. The zero-order valence-electron chi connectivity index (χ0n) is 17.9. The molecule has 1 unspecified atom stereocenters. The quantitative estimate of drug-likeness (QED) is 0.284. The van der Waals surface area contributed by atoms with Crippen molar-refractivity contribution >= 4 is 34.4 Å². The molecule has 3 aromatic rings. The summed E-state index contributed by atoms with van der Waals surface area (Å²) in [5.41, 5.74) is 2.04. The molecule has 1 amide bonds. The van der Waals surface area contributed by atoms with E-state index in [0.29, 0.717) is 23.0 Å². The smallest absolute Gasteiger partial charge is 0.326 e. The molecule has 5 N–H and O–H groups in total. The van der Waals surface area contributed by atoms with Crippen LogP contribution >= 0.6 is 0 Å². The topological polar surface area (TPSA) is 161 Å². The van der Waals surface area contributed by atoms with Crippen molar-refractivity contribution in [3.63, 3.8) is 0 Å². The average Bonchev–Trinajstić information content (AvgIpc) is 2.81. The van der Waals surface area contributed by atoms with Crippen LogP contribution in [0.2, 0.25) is 0 Å².